The zero-order valence-corrected chi connectivity index (χ0v) is 17.1. The minimum atomic E-state index is -0.314. The molecule has 9 heteroatoms. The van der Waals surface area contributed by atoms with E-state index in [1.807, 2.05) is 23.0 Å². The Labute approximate surface area is 178 Å². The molecule has 1 aliphatic rings. The summed E-state index contributed by atoms with van der Waals surface area (Å²) >= 11 is 0. The number of nitrogens with two attached hydrogens (primary N) is 1. The molecule has 31 heavy (non-hydrogen) atoms. The lowest BCUT2D eigenvalue weighted by molar-refractivity contribution is 0.0360. The Morgan fingerprint density at radius 1 is 1.13 bits per heavy atom. The van der Waals surface area contributed by atoms with Crippen molar-refractivity contribution in [1.29, 1.82) is 0 Å². The molecule has 3 aromatic heterocycles. The summed E-state index contributed by atoms with van der Waals surface area (Å²) in [6.07, 6.45) is 5.46. The highest BCUT2D eigenvalue weighted by Gasteiger charge is 2.15. The molecule has 4 aromatic rings. The summed E-state index contributed by atoms with van der Waals surface area (Å²) in [4.78, 5) is 14.7. The Morgan fingerprint density at radius 2 is 2.00 bits per heavy atom. The third-order valence-electron chi connectivity index (χ3n) is 5.63. The number of pyridine rings is 1. The van der Waals surface area contributed by atoms with Crippen LogP contribution in [0.1, 0.15) is 5.56 Å². The molecule has 0 saturated carbocycles. The van der Waals surface area contributed by atoms with Gasteiger partial charge in [-0.15, -0.1) is 0 Å². The normalized spacial score (nSPS) is 15.0. The van der Waals surface area contributed by atoms with E-state index in [0.717, 1.165) is 61.6 Å². The van der Waals surface area contributed by atoms with Crippen molar-refractivity contribution < 1.29 is 9.13 Å². The maximum atomic E-state index is 14.3. The molecule has 1 saturated heterocycles. The molecular formula is C22H24FN7O. The standard InChI is InChI=1S/C22H24FN7O/c23-19-11-15(1-2-16(19)12-24)18-3-4-25-22-20(18)27-21(28-22)17-13-26-30(14-17)6-5-29-7-9-31-10-8-29/h1-4,11,13-14H,5-10,12,24H2,(H,25,27,28). The van der Waals surface area contributed by atoms with Gasteiger partial charge in [-0.25, -0.2) is 14.4 Å². The van der Waals surface area contributed by atoms with Gasteiger partial charge in [-0.2, -0.15) is 5.10 Å². The van der Waals surface area contributed by atoms with Crippen LogP contribution in [0.3, 0.4) is 0 Å². The van der Waals surface area contributed by atoms with E-state index in [9.17, 15) is 4.39 Å². The molecule has 0 radical (unpaired) electrons. The first-order valence-corrected chi connectivity index (χ1v) is 10.4. The van der Waals surface area contributed by atoms with Crippen LogP contribution in [0.5, 0.6) is 0 Å². The second-order valence-electron chi connectivity index (χ2n) is 7.60. The molecule has 0 atom stereocenters. The van der Waals surface area contributed by atoms with Crippen LogP contribution in [-0.2, 0) is 17.8 Å². The lowest BCUT2D eigenvalue weighted by Crippen LogP contribution is -2.38. The van der Waals surface area contributed by atoms with Gasteiger partial charge in [-0.05, 0) is 17.7 Å². The number of aromatic amines is 1. The first-order valence-electron chi connectivity index (χ1n) is 10.4. The molecule has 1 fully saturated rings. The number of rotatable bonds is 6. The number of morpholine rings is 1. The van der Waals surface area contributed by atoms with Crippen molar-refractivity contribution in [3.63, 3.8) is 0 Å². The summed E-state index contributed by atoms with van der Waals surface area (Å²) in [6.45, 7) is 5.39. The number of nitrogens with zero attached hydrogens (tertiary/aromatic N) is 5. The summed E-state index contributed by atoms with van der Waals surface area (Å²) in [6, 6.07) is 6.94. The lowest BCUT2D eigenvalue weighted by Gasteiger charge is -2.26. The highest BCUT2D eigenvalue weighted by atomic mass is 19.1. The quantitative estimate of drug-likeness (QED) is 0.496. The zero-order valence-electron chi connectivity index (χ0n) is 17.1. The smallest absolute Gasteiger partial charge is 0.178 e. The fraction of sp³-hybridized carbons (Fsp3) is 0.318. The minimum Gasteiger partial charge on any atom is -0.379 e. The van der Waals surface area contributed by atoms with Gasteiger partial charge in [-0.3, -0.25) is 9.58 Å². The molecule has 0 aliphatic carbocycles. The number of halogens is 1. The van der Waals surface area contributed by atoms with Gasteiger partial charge in [0.15, 0.2) is 5.65 Å². The van der Waals surface area contributed by atoms with Gasteiger partial charge in [0.1, 0.15) is 11.6 Å². The van der Waals surface area contributed by atoms with E-state index in [1.165, 1.54) is 6.07 Å². The number of benzene rings is 1. The van der Waals surface area contributed by atoms with E-state index in [2.05, 4.69) is 25.0 Å². The van der Waals surface area contributed by atoms with Crippen molar-refractivity contribution in [3.05, 3.63) is 54.2 Å². The van der Waals surface area contributed by atoms with Crippen LogP contribution in [0, 0.1) is 5.82 Å². The molecule has 0 unspecified atom stereocenters. The molecular weight excluding hydrogens is 397 g/mol. The van der Waals surface area contributed by atoms with Crippen LogP contribution in [0.15, 0.2) is 42.9 Å². The maximum absolute atomic E-state index is 14.3. The SMILES string of the molecule is NCc1ccc(-c2ccnc3nc(-c4cnn(CCN5CCOCC5)c4)[nH]c23)cc1F. The molecule has 1 aromatic carbocycles. The van der Waals surface area contributed by atoms with Gasteiger partial charge >= 0.3 is 0 Å². The summed E-state index contributed by atoms with van der Waals surface area (Å²) < 4.78 is 21.6. The second kappa shape index (κ2) is 8.54. The number of H-pyrrole nitrogens is 1. The molecule has 5 rings (SSSR count). The lowest BCUT2D eigenvalue weighted by atomic mass is 10.0. The highest BCUT2D eigenvalue weighted by molar-refractivity contribution is 5.91. The number of hydrogen-bond acceptors (Lipinski definition) is 6. The van der Waals surface area contributed by atoms with E-state index in [-0.39, 0.29) is 12.4 Å². The highest BCUT2D eigenvalue weighted by Crippen LogP contribution is 2.29. The Bertz CT molecular complexity index is 1200. The number of aromatic nitrogens is 5. The van der Waals surface area contributed by atoms with Crippen molar-refractivity contribution in [1.82, 2.24) is 29.6 Å². The number of imidazole rings is 1. The Kier molecular flexibility index (Phi) is 5.46. The van der Waals surface area contributed by atoms with Crippen LogP contribution in [0.2, 0.25) is 0 Å². The van der Waals surface area contributed by atoms with Gasteiger partial charge in [0, 0.05) is 49.7 Å². The van der Waals surface area contributed by atoms with Gasteiger partial charge in [0.25, 0.3) is 0 Å². The molecule has 0 amide bonds. The average Bonchev–Trinajstić information content (AvgIpc) is 3.45. The average molecular weight is 421 g/mol. The number of nitrogens with one attached hydrogen (secondary N) is 1. The Hall–Kier alpha value is -3.14. The first kappa shape index (κ1) is 19.8. The van der Waals surface area contributed by atoms with Gasteiger partial charge in [0.05, 0.1) is 37.0 Å². The predicted molar refractivity (Wildman–Crippen MR) is 116 cm³/mol. The fourth-order valence-corrected chi connectivity index (χ4v) is 3.85. The van der Waals surface area contributed by atoms with E-state index in [1.54, 1.807) is 18.5 Å². The summed E-state index contributed by atoms with van der Waals surface area (Å²) in [5, 5.41) is 4.48. The monoisotopic (exact) mass is 421 g/mol. The fourth-order valence-electron chi connectivity index (χ4n) is 3.85. The third kappa shape index (κ3) is 4.07. The van der Waals surface area contributed by atoms with Crippen molar-refractivity contribution >= 4 is 11.2 Å². The molecule has 8 nitrogen and oxygen atoms in total. The first-order chi connectivity index (χ1) is 15.2. The molecule has 0 bridgehead atoms. The molecule has 3 N–H and O–H groups in total. The molecule has 4 heterocycles. The topological polar surface area (TPSA) is 97.9 Å². The summed E-state index contributed by atoms with van der Waals surface area (Å²) in [5.74, 6) is 0.373. The number of ether oxygens (including phenoxy) is 1. The van der Waals surface area contributed by atoms with E-state index in [4.69, 9.17) is 10.5 Å². The summed E-state index contributed by atoms with van der Waals surface area (Å²) in [7, 11) is 0. The van der Waals surface area contributed by atoms with Gasteiger partial charge < -0.3 is 15.5 Å². The van der Waals surface area contributed by atoms with Crippen molar-refractivity contribution in [2.24, 2.45) is 5.73 Å². The summed E-state index contributed by atoms with van der Waals surface area (Å²) in [5.41, 5.74) is 9.89. The molecule has 0 spiro atoms. The molecule has 1 aliphatic heterocycles. The van der Waals surface area contributed by atoms with E-state index in [0.29, 0.717) is 17.0 Å². The van der Waals surface area contributed by atoms with Crippen LogP contribution in [0.25, 0.3) is 33.7 Å². The maximum Gasteiger partial charge on any atom is 0.178 e. The third-order valence-corrected chi connectivity index (χ3v) is 5.63. The Morgan fingerprint density at radius 3 is 2.81 bits per heavy atom. The van der Waals surface area contributed by atoms with Gasteiger partial charge in [-0.1, -0.05) is 12.1 Å². The number of hydrogen-bond donors (Lipinski definition) is 2. The van der Waals surface area contributed by atoms with Crippen LogP contribution in [-0.4, -0.2) is 62.5 Å². The van der Waals surface area contributed by atoms with E-state index >= 15 is 0 Å². The Balaban J connectivity index is 1.40. The van der Waals surface area contributed by atoms with Crippen molar-refractivity contribution in [2.45, 2.75) is 13.1 Å². The van der Waals surface area contributed by atoms with Crippen LogP contribution in [0.4, 0.5) is 4.39 Å². The van der Waals surface area contributed by atoms with Crippen LogP contribution < -0.4 is 5.73 Å². The predicted octanol–water partition coefficient (Wildman–Crippen LogP) is 2.42. The van der Waals surface area contributed by atoms with E-state index < -0.39 is 0 Å². The zero-order chi connectivity index (χ0) is 21.2. The van der Waals surface area contributed by atoms with Crippen molar-refractivity contribution in [2.75, 3.05) is 32.8 Å². The largest absolute Gasteiger partial charge is 0.379 e. The second-order valence-corrected chi connectivity index (χ2v) is 7.60. The number of fused-ring (bicyclic) bond motifs is 1. The van der Waals surface area contributed by atoms with Gasteiger partial charge in [0.2, 0.25) is 0 Å². The minimum absolute atomic E-state index is 0.168. The van der Waals surface area contributed by atoms with Crippen LogP contribution >= 0.6 is 0 Å². The molecule has 160 valence electrons. The van der Waals surface area contributed by atoms with Crippen molar-refractivity contribution in [3.8, 4) is 22.5 Å².